The highest BCUT2D eigenvalue weighted by Gasteiger charge is 2.27. The number of hydrogen-bond acceptors (Lipinski definition) is 6. The zero-order chi connectivity index (χ0) is 20.9. The van der Waals surface area contributed by atoms with Crippen LogP contribution in [0, 0.1) is 5.82 Å². The lowest BCUT2D eigenvalue weighted by molar-refractivity contribution is 0.0428. The van der Waals surface area contributed by atoms with E-state index in [1.165, 1.54) is 30.6 Å². The van der Waals surface area contributed by atoms with Gasteiger partial charge in [-0.3, -0.25) is 4.79 Å². The van der Waals surface area contributed by atoms with Gasteiger partial charge >= 0.3 is 6.03 Å². The van der Waals surface area contributed by atoms with Gasteiger partial charge in [-0.15, -0.1) is 0 Å². The normalized spacial score (nSPS) is 17.0. The van der Waals surface area contributed by atoms with Crippen LogP contribution in [0.3, 0.4) is 0 Å². The monoisotopic (exact) mass is 414 g/mol. The molecule has 4 rings (SSSR count). The summed E-state index contributed by atoms with van der Waals surface area (Å²) >= 11 is 0. The van der Waals surface area contributed by atoms with Crippen LogP contribution in [0.15, 0.2) is 36.7 Å². The number of nitrogens with one attached hydrogen (secondary N) is 1. The average Bonchev–Trinajstić information content (AvgIpc) is 2.81. The number of carbonyl (C=O) groups excluding carboxylic acids is 2. The van der Waals surface area contributed by atoms with Gasteiger partial charge in [-0.05, 0) is 24.3 Å². The van der Waals surface area contributed by atoms with Crippen molar-refractivity contribution in [3.05, 3.63) is 48.2 Å². The molecule has 158 valence electrons. The van der Waals surface area contributed by atoms with Crippen LogP contribution < -0.4 is 10.2 Å². The highest BCUT2D eigenvalue weighted by molar-refractivity contribution is 6.03. The number of amides is 3. The van der Waals surface area contributed by atoms with E-state index in [0.717, 1.165) is 0 Å². The highest BCUT2D eigenvalue weighted by Crippen LogP contribution is 2.16. The zero-order valence-corrected chi connectivity index (χ0v) is 16.5. The Morgan fingerprint density at radius 2 is 1.60 bits per heavy atom. The van der Waals surface area contributed by atoms with Gasteiger partial charge in [0.25, 0.3) is 5.91 Å². The molecule has 0 spiro atoms. The number of benzene rings is 1. The van der Waals surface area contributed by atoms with E-state index in [-0.39, 0.29) is 17.5 Å². The number of ether oxygens (including phenoxy) is 1. The van der Waals surface area contributed by atoms with E-state index in [1.807, 2.05) is 14.7 Å². The van der Waals surface area contributed by atoms with Crippen LogP contribution in [0.2, 0.25) is 0 Å². The van der Waals surface area contributed by atoms with Gasteiger partial charge in [-0.1, -0.05) is 0 Å². The zero-order valence-electron chi connectivity index (χ0n) is 16.5. The van der Waals surface area contributed by atoms with Crippen LogP contribution >= 0.6 is 0 Å². The molecule has 2 aromatic rings. The first-order valence-electron chi connectivity index (χ1n) is 9.86. The number of carbonyl (C=O) groups is 2. The van der Waals surface area contributed by atoms with Gasteiger partial charge < -0.3 is 24.8 Å². The molecule has 0 aliphatic carbocycles. The molecule has 0 bridgehead atoms. The minimum absolute atomic E-state index is 0.0417. The third-order valence-corrected chi connectivity index (χ3v) is 5.14. The molecule has 9 nitrogen and oxygen atoms in total. The molecular weight excluding hydrogens is 391 g/mol. The predicted octanol–water partition coefficient (Wildman–Crippen LogP) is 1.44. The Morgan fingerprint density at radius 1 is 0.933 bits per heavy atom. The molecule has 10 heteroatoms. The first-order chi connectivity index (χ1) is 14.6. The number of anilines is 2. The molecule has 0 atom stereocenters. The van der Waals surface area contributed by atoms with Gasteiger partial charge in [0.2, 0.25) is 0 Å². The second-order valence-corrected chi connectivity index (χ2v) is 7.08. The van der Waals surface area contributed by atoms with Crippen LogP contribution in [0.25, 0.3) is 0 Å². The molecule has 0 unspecified atom stereocenters. The van der Waals surface area contributed by atoms with E-state index in [4.69, 9.17) is 4.74 Å². The fourth-order valence-electron chi connectivity index (χ4n) is 3.45. The van der Waals surface area contributed by atoms with Gasteiger partial charge in [-0.2, -0.15) is 0 Å². The van der Waals surface area contributed by atoms with Gasteiger partial charge in [0.15, 0.2) is 0 Å². The van der Waals surface area contributed by atoms with Crippen LogP contribution in [-0.4, -0.2) is 84.2 Å². The van der Waals surface area contributed by atoms with Crippen molar-refractivity contribution in [1.82, 2.24) is 19.8 Å². The third-order valence-electron chi connectivity index (χ3n) is 5.14. The van der Waals surface area contributed by atoms with E-state index in [0.29, 0.717) is 64.0 Å². The quantitative estimate of drug-likeness (QED) is 0.818. The lowest BCUT2D eigenvalue weighted by Crippen LogP contribution is -2.55. The van der Waals surface area contributed by atoms with E-state index < -0.39 is 5.91 Å². The summed E-state index contributed by atoms with van der Waals surface area (Å²) in [5.74, 6) is -0.136. The number of hydrogen-bond donors (Lipinski definition) is 1. The van der Waals surface area contributed by atoms with Crippen molar-refractivity contribution in [3.8, 4) is 0 Å². The van der Waals surface area contributed by atoms with Crippen molar-refractivity contribution in [2.45, 2.75) is 0 Å². The number of nitrogens with zero attached hydrogens (tertiary/aromatic N) is 5. The van der Waals surface area contributed by atoms with Crippen molar-refractivity contribution in [1.29, 1.82) is 0 Å². The molecule has 2 saturated heterocycles. The molecule has 1 aromatic heterocycles. The van der Waals surface area contributed by atoms with Gasteiger partial charge in [-0.25, -0.2) is 19.2 Å². The fourth-order valence-corrected chi connectivity index (χ4v) is 3.45. The Labute approximate surface area is 173 Å². The second-order valence-electron chi connectivity index (χ2n) is 7.08. The molecule has 3 amide bonds. The number of piperazine rings is 1. The molecule has 2 aliphatic heterocycles. The maximum absolute atomic E-state index is 13.0. The molecule has 2 aliphatic rings. The highest BCUT2D eigenvalue weighted by atomic mass is 19.1. The molecule has 1 N–H and O–H groups in total. The number of urea groups is 1. The number of aromatic nitrogens is 2. The lowest BCUT2D eigenvalue weighted by atomic mass is 10.2. The lowest BCUT2D eigenvalue weighted by Gasteiger charge is -2.38. The molecular formula is C20H23FN6O3. The topological polar surface area (TPSA) is 90.9 Å². The first-order valence-corrected chi connectivity index (χ1v) is 9.86. The summed E-state index contributed by atoms with van der Waals surface area (Å²) in [5, 5.41) is 2.69. The number of halogens is 1. The van der Waals surface area contributed by atoms with Crippen LogP contribution in [0.5, 0.6) is 0 Å². The Balaban J connectivity index is 1.35. The van der Waals surface area contributed by atoms with E-state index >= 15 is 0 Å². The summed E-state index contributed by atoms with van der Waals surface area (Å²) in [4.78, 5) is 39.1. The number of rotatable bonds is 3. The molecule has 0 saturated carbocycles. The van der Waals surface area contributed by atoms with Crippen molar-refractivity contribution in [3.63, 3.8) is 0 Å². The SMILES string of the molecule is O=C(Nc1ccc(F)cc1)c1cc(N2CCN(C(=O)N3CCOCC3)CC2)ncn1. The Bertz CT molecular complexity index is 896. The van der Waals surface area contributed by atoms with E-state index in [9.17, 15) is 14.0 Å². The Morgan fingerprint density at radius 3 is 2.30 bits per heavy atom. The third kappa shape index (κ3) is 4.65. The summed E-state index contributed by atoms with van der Waals surface area (Å²) in [6.07, 6.45) is 1.35. The summed E-state index contributed by atoms with van der Waals surface area (Å²) in [6.45, 7) is 4.80. The number of morpholine rings is 1. The van der Waals surface area contributed by atoms with E-state index in [2.05, 4.69) is 15.3 Å². The predicted molar refractivity (Wildman–Crippen MR) is 108 cm³/mol. The van der Waals surface area contributed by atoms with Gasteiger partial charge in [0, 0.05) is 51.0 Å². The second kappa shape index (κ2) is 9.04. The molecule has 30 heavy (non-hydrogen) atoms. The van der Waals surface area contributed by atoms with Crippen molar-refractivity contribution in [2.24, 2.45) is 0 Å². The smallest absolute Gasteiger partial charge is 0.320 e. The van der Waals surface area contributed by atoms with Crippen LogP contribution in [0.1, 0.15) is 10.5 Å². The fraction of sp³-hybridized carbons (Fsp3) is 0.400. The standard InChI is InChI=1S/C20H23FN6O3/c21-15-1-3-16(4-2-15)24-19(28)17-13-18(23-14-22-17)25-5-7-26(8-6-25)20(29)27-9-11-30-12-10-27/h1-4,13-14H,5-12H2,(H,24,28). The summed E-state index contributed by atoms with van der Waals surface area (Å²) in [5.41, 5.74) is 0.702. The maximum Gasteiger partial charge on any atom is 0.320 e. The van der Waals surface area contributed by atoms with Crippen molar-refractivity contribution in [2.75, 3.05) is 62.7 Å². The summed E-state index contributed by atoms with van der Waals surface area (Å²) < 4.78 is 18.3. The van der Waals surface area contributed by atoms with E-state index in [1.54, 1.807) is 6.07 Å². The molecule has 1 aromatic carbocycles. The van der Waals surface area contributed by atoms with Crippen molar-refractivity contribution < 1.29 is 18.7 Å². The molecule has 2 fully saturated rings. The Kier molecular flexibility index (Phi) is 6.03. The largest absolute Gasteiger partial charge is 0.378 e. The van der Waals surface area contributed by atoms with Gasteiger partial charge in [0.1, 0.15) is 23.7 Å². The Hall–Kier alpha value is -3.27. The van der Waals surface area contributed by atoms with Crippen LogP contribution in [0.4, 0.5) is 20.7 Å². The summed E-state index contributed by atoms with van der Waals surface area (Å²) in [6, 6.07) is 7.19. The van der Waals surface area contributed by atoms with Crippen molar-refractivity contribution >= 4 is 23.4 Å². The molecule has 0 radical (unpaired) electrons. The summed E-state index contributed by atoms with van der Waals surface area (Å²) in [7, 11) is 0. The minimum Gasteiger partial charge on any atom is -0.378 e. The van der Waals surface area contributed by atoms with Gasteiger partial charge in [0.05, 0.1) is 13.2 Å². The molecule has 3 heterocycles. The minimum atomic E-state index is -0.397. The maximum atomic E-state index is 13.0. The first kappa shape index (κ1) is 20.0. The average molecular weight is 414 g/mol. The van der Waals surface area contributed by atoms with Crippen LogP contribution in [-0.2, 0) is 4.74 Å².